The fraction of sp³-hybridized carbons (Fsp3) is 0.786. The Morgan fingerprint density at radius 3 is 2.67 bits per heavy atom. The lowest BCUT2D eigenvalue weighted by Crippen LogP contribution is -2.35. The molecule has 0 aromatic heterocycles. The Kier molecular flexibility index (Phi) is 6.36. The van der Waals surface area contributed by atoms with Crippen LogP contribution in [0, 0.1) is 0 Å². The van der Waals surface area contributed by atoms with Crippen LogP contribution < -0.4 is 0 Å². The van der Waals surface area contributed by atoms with Crippen molar-refractivity contribution in [3.63, 3.8) is 0 Å². The Morgan fingerprint density at radius 2 is 2.11 bits per heavy atom. The first-order valence-electron chi connectivity index (χ1n) is 6.83. The topological polar surface area (TPSA) is 55.8 Å². The molecule has 1 aliphatic carbocycles. The molecule has 2 atom stereocenters. The van der Waals surface area contributed by atoms with Crippen LogP contribution in [-0.4, -0.2) is 36.0 Å². The third kappa shape index (κ3) is 4.10. The van der Waals surface area contributed by atoms with Crippen molar-refractivity contribution in [3.8, 4) is 0 Å². The number of aliphatic hydroxyl groups is 1. The van der Waals surface area contributed by atoms with Gasteiger partial charge >= 0.3 is 5.97 Å². The number of carbonyl (C=O) groups is 1. The highest BCUT2D eigenvalue weighted by Gasteiger charge is 2.28. The Bertz CT molecular complexity index is 294. The van der Waals surface area contributed by atoms with Crippen LogP contribution in [0.4, 0.5) is 0 Å². The number of rotatable bonds is 6. The van der Waals surface area contributed by atoms with Crippen LogP contribution in [0.5, 0.6) is 0 Å². The molecular weight excluding hydrogens is 232 g/mol. The molecular formula is C14H24O4. The molecule has 18 heavy (non-hydrogen) atoms. The molecule has 1 aliphatic rings. The van der Waals surface area contributed by atoms with Crippen molar-refractivity contribution in [2.75, 3.05) is 6.61 Å². The van der Waals surface area contributed by atoms with E-state index in [1.807, 2.05) is 0 Å². The number of hydrogen-bond donors (Lipinski definition) is 1. The summed E-state index contributed by atoms with van der Waals surface area (Å²) in [5.74, 6) is -0.289. The first kappa shape index (κ1) is 15.2. The maximum Gasteiger partial charge on any atom is 0.333 e. The van der Waals surface area contributed by atoms with Gasteiger partial charge in [0.15, 0.2) is 0 Å². The van der Waals surface area contributed by atoms with Gasteiger partial charge in [-0.1, -0.05) is 13.8 Å². The van der Waals surface area contributed by atoms with E-state index >= 15 is 0 Å². The van der Waals surface area contributed by atoms with Gasteiger partial charge in [0, 0.05) is 5.57 Å². The van der Waals surface area contributed by atoms with Crippen molar-refractivity contribution >= 4 is 5.97 Å². The van der Waals surface area contributed by atoms with Gasteiger partial charge in [0.05, 0.1) is 18.8 Å². The minimum atomic E-state index is -0.524. The molecule has 1 N–H and O–H groups in total. The maximum atomic E-state index is 11.6. The number of hydrogen-bond acceptors (Lipinski definition) is 4. The van der Waals surface area contributed by atoms with Crippen LogP contribution >= 0.6 is 0 Å². The Morgan fingerprint density at radius 1 is 1.44 bits per heavy atom. The molecule has 0 aromatic rings. The highest BCUT2D eigenvalue weighted by Crippen LogP contribution is 2.24. The summed E-state index contributed by atoms with van der Waals surface area (Å²) in [6, 6.07) is 0. The van der Waals surface area contributed by atoms with Crippen molar-refractivity contribution < 1.29 is 19.4 Å². The number of carbonyl (C=O) groups excluding carboxylic acids is 1. The van der Waals surface area contributed by atoms with E-state index in [9.17, 15) is 9.90 Å². The summed E-state index contributed by atoms with van der Waals surface area (Å²) in [6.45, 7) is 6.27. The lowest BCUT2D eigenvalue weighted by molar-refractivity contribution is -0.139. The van der Waals surface area contributed by atoms with Gasteiger partial charge in [-0.2, -0.15) is 0 Å². The smallest absolute Gasteiger partial charge is 0.333 e. The molecule has 0 saturated carbocycles. The summed E-state index contributed by atoms with van der Waals surface area (Å²) >= 11 is 0. The predicted molar refractivity (Wildman–Crippen MR) is 69.2 cm³/mol. The maximum absolute atomic E-state index is 11.6. The zero-order valence-corrected chi connectivity index (χ0v) is 11.5. The molecule has 0 aliphatic heterocycles. The molecule has 0 saturated heterocycles. The number of esters is 1. The van der Waals surface area contributed by atoms with Crippen LogP contribution in [-0.2, 0) is 14.3 Å². The molecule has 4 heteroatoms. The summed E-state index contributed by atoms with van der Waals surface area (Å²) in [6.07, 6.45) is 3.86. The highest BCUT2D eigenvalue weighted by molar-refractivity contribution is 5.88. The Hall–Kier alpha value is -0.870. The molecule has 1 rings (SSSR count). The van der Waals surface area contributed by atoms with Gasteiger partial charge in [0.1, 0.15) is 6.10 Å². The fourth-order valence-corrected chi connectivity index (χ4v) is 2.09. The summed E-state index contributed by atoms with van der Waals surface area (Å²) < 4.78 is 10.8. The zero-order valence-electron chi connectivity index (χ0n) is 11.5. The molecule has 0 bridgehead atoms. The highest BCUT2D eigenvalue weighted by atomic mass is 16.5. The summed E-state index contributed by atoms with van der Waals surface area (Å²) in [5, 5.41) is 9.92. The van der Waals surface area contributed by atoms with Gasteiger partial charge in [-0.05, 0) is 38.7 Å². The third-order valence-corrected chi connectivity index (χ3v) is 3.25. The predicted octanol–water partition coefficient (Wildman–Crippen LogP) is 2.20. The molecule has 104 valence electrons. The van der Waals surface area contributed by atoms with E-state index in [4.69, 9.17) is 9.47 Å². The average Bonchev–Trinajstić information content (AvgIpc) is 2.38. The Labute approximate surface area is 109 Å². The van der Waals surface area contributed by atoms with E-state index in [2.05, 4.69) is 13.8 Å². The van der Waals surface area contributed by atoms with E-state index in [1.165, 1.54) is 0 Å². The lowest BCUT2D eigenvalue weighted by Gasteiger charge is -2.29. The number of aliphatic hydroxyl groups excluding tert-OH is 1. The van der Waals surface area contributed by atoms with Crippen LogP contribution in [0.15, 0.2) is 11.6 Å². The van der Waals surface area contributed by atoms with Crippen molar-refractivity contribution in [2.24, 2.45) is 0 Å². The second kappa shape index (κ2) is 7.54. The van der Waals surface area contributed by atoms with Gasteiger partial charge in [-0.3, -0.25) is 0 Å². The largest absolute Gasteiger partial charge is 0.463 e. The quantitative estimate of drug-likeness (QED) is 0.740. The van der Waals surface area contributed by atoms with Gasteiger partial charge < -0.3 is 14.6 Å². The number of ether oxygens (including phenoxy) is 2. The summed E-state index contributed by atoms with van der Waals surface area (Å²) in [7, 11) is 0. The van der Waals surface area contributed by atoms with Gasteiger partial charge in [0.25, 0.3) is 0 Å². The van der Waals surface area contributed by atoms with Crippen molar-refractivity contribution in [3.05, 3.63) is 11.6 Å². The van der Waals surface area contributed by atoms with Crippen LogP contribution in [0.3, 0.4) is 0 Å². The van der Waals surface area contributed by atoms with E-state index in [0.29, 0.717) is 25.0 Å². The van der Waals surface area contributed by atoms with Crippen LogP contribution in [0.25, 0.3) is 0 Å². The van der Waals surface area contributed by atoms with Crippen molar-refractivity contribution in [2.45, 2.75) is 64.8 Å². The van der Waals surface area contributed by atoms with Crippen LogP contribution in [0.1, 0.15) is 46.5 Å². The summed E-state index contributed by atoms with van der Waals surface area (Å²) in [4.78, 5) is 11.6. The SMILES string of the molecule is CCOC(=O)C1=CC(OC(CC)CC)C(O)CC1. The normalized spacial score (nSPS) is 23.9. The first-order chi connectivity index (χ1) is 8.62. The minimum absolute atomic E-state index is 0.127. The average molecular weight is 256 g/mol. The van der Waals surface area contributed by atoms with E-state index in [0.717, 1.165) is 12.8 Å². The minimum Gasteiger partial charge on any atom is -0.463 e. The van der Waals surface area contributed by atoms with E-state index in [1.54, 1.807) is 13.0 Å². The molecule has 0 fully saturated rings. The first-order valence-corrected chi connectivity index (χ1v) is 6.83. The Balaban J connectivity index is 2.69. The van der Waals surface area contributed by atoms with Crippen LogP contribution in [0.2, 0.25) is 0 Å². The molecule has 0 amide bonds. The van der Waals surface area contributed by atoms with Gasteiger partial charge in [-0.15, -0.1) is 0 Å². The monoisotopic (exact) mass is 256 g/mol. The molecule has 0 spiro atoms. The molecule has 4 nitrogen and oxygen atoms in total. The lowest BCUT2D eigenvalue weighted by atomic mass is 9.94. The molecule has 2 unspecified atom stereocenters. The molecule has 0 aromatic carbocycles. The second-order valence-electron chi connectivity index (χ2n) is 4.56. The fourth-order valence-electron chi connectivity index (χ4n) is 2.09. The van der Waals surface area contributed by atoms with E-state index in [-0.39, 0.29) is 18.2 Å². The van der Waals surface area contributed by atoms with Gasteiger partial charge in [0.2, 0.25) is 0 Å². The zero-order chi connectivity index (χ0) is 13.5. The third-order valence-electron chi connectivity index (χ3n) is 3.25. The standard InChI is InChI=1S/C14H24O4/c1-4-11(5-2)18-13-9-10(7-8-12(13)15)14(16)17-6-3/h9,11-13,15H,4-8H2,1-3H3. The molecule has 0 radical (unpaired) electrons. The van der Waals surface area contributed by atoms with E-state index < -0.39 is 6.10 Å². The second-order valence-corrected chi connectivity index (χ2v) is 4.56. The molecule has 0 heterocycles. The summed E-state index contributed by atoms with van der Waals surface area (Å²) in [5.41, 5.74) is 0.623. The van der Waals surface area contributed by atoms with Gasteiger partial charge in [-0.25, -0.2) is 4.79 Å². The van der Waals surface area contributed by atoms with Crippen molar-refractivity contribution in [1.29, 1.82) is 0 Å². The van der Waals surface area contributed by atoms with Crippen molar-refractivity contribution in [1.82, 2.24) is 0 Å².